The van der Waals surface area contributed by atoms with E-state index in [-0.39, 0.29) is 23.0 Å². The molecular formula is C26H36O4. The molecule has 2 rings (SSSR count). The molecule has 0 atom stereocenters. The molecule has 0 aliphatic heterocycles. The molecule has 0 unspecified atom stereocenters. The van der Waals surface area contributed by atoms with E-state index in [1.807, 2.05) is 12.1 Å². The minimum atomic E-state index is -0.0359. The molecule has 0 fully saturated rings. The number of allylic oxidation sites excluding steroid dienone is 2. The summed E-state index contributed by atoms with van der Waals surface area (Å²) in [5, 5.41) is 38.6. The lowest BCUT2D eigenvalue weighted by Gasteiger charge is -2.06. The number of para-hydroxylation sites is 2. The fourth-order valence-corrected chi connectivity index (χ4v) is 3.66. The second kappa shape index (κ2) is 13.6. The van der Waals surface area contributed by atoms with Crippen molar-refractivity contribution in [3.63, 3.8) is 0 Å². The smallest absolute Gasteiger partial charge is 0.160 e. The van der Waals surface area contributed by atoms with Crippen molar-refractivity contribution in [1.82, 2.24) is 0 Å². The van der Waals surface area contributed by atoms with Gasteiger partial charge in [-0.2, -0.15) is 0 Å². The third kappa shape index (κ3) is 8.40. The molecule has 0 amide bonds. The first-order chi connectivity index (χ1) is 14.6. The first-order valence-electron chi connectivity index (χ1n) is 11.2. The van der Waals surface area contributed by atoms with Crippen molar-refractivity contribution in [1.29, 1.82) is 0 Å². The van der Waals surface area contributed by atoms with Crippen LogP contribution in [0.2, 0.25) is 0 Å². The van der Waals surface area contributed by atoms with Crippen molar-refractivity contribution in [2.75, 3.05) is 0 Å². The quantitative estimate of drug-likeness (QED) is 0.157. The lowest BCUT2D eigenvalue weighted by atomic mass is 10.0. The van der Waals surface area contributed by atoms with Crippen LogP contribution in [0.4, 0.5) is 0 Å². The second-order valence-corrected chi connectivity index (χ2v) is 7.95. The Morgan fingerprint density at radius 3 is 1.40 bits per heavy atom. The molecule has 0 radical (unpaired) electrons. The summed E-state index contributed by atoms with van der Waals surface area (Å²) in [7, 11) is 0. The normalized spacial score (nSPS) is 11.3. The molecule has 4 N–H and O–H groups in total. The van der Waals surface area contributed by atoms with Gasteiger partial charge in [0.1, 0.15) is 0 Å². The predicted octanol–water partition coefficient (Wildman–Crippen LogP) is 6.75. The van der Waals surface area contributed by atoms with E-state index in [1.54, 1.807) is 12.1 Å². The Bertz CT molecular complexity index is 783. The summed E-state index contributed by atoms with van der Waals surface area (Å²) in [6, 6.07) is 10.3. The van der Waals surface area contributed by atoms with Gasteiger partial charge in [-0.25, -0.2) is 0 Å². The molecule has 0 saturated carbocycles. The molecular weight excluding hydrogens is 376 g/mol. The monoisotopic (exact) mass is 412 g/mol. The molecule has 0 bridgehead atoms. The highest BCUT2D eigenvalue weighted by molar-refractivity contribution is 5.44. The van der Waals surface area contributed by atoms with Crippen LogP contribution < -0.4 is 0 Å². The number of hydrogen-bond acceptors (Lipinski definition) is 4. The van der Waals surface area contributed by atoms with Crippen molar-refractivity contribution in [3.05, 3.63) is 59.7 Å². The van der Waals surface area contributed by atoms with Gasteiger partial charge in [0.15, 0.2) is 23.0 Å². The third-order valence-electron chi connectivity index (χ3n) is 5.50. The van der Waals surface area contributed by atoms with Crippen LogP contribution in [0.3, 0.4) is 0 Å². The van der Waals surface area contributed by atoms with E-state index >= 15 is 0 Å². The minimum Gasteiger partial charge on any atom is -0.504 e. The predicted molar refractivity (Wildman–Crippen MR) is 122 cm³/mol. The number of hydrogen-bond donors (Lipinski definition) is 4. The summed E-state index contributed by atoms with van der Waals surface area (Å²) >= 11 is 0. The summed E-state index contributed by atoms with van der Waals surface area (Å²) in [6.45, 7) is 0. The molecule has 0 aromatic heterocycles. The Morgan fingerprint density at radius 1 is 0.500 bits per heavy atom. The van der Waals surface area contributed by atoms with Gasteiger partial charge in [-0.15, -0.1) is 0 Å². The zero-order valence-electron chi connectivity index (χ0n) is 17.9. The Labute approximate surface area is 180 Å². The summed E-state index contributed by atoms with van der Waals surface area (Å²) in [5.41, 5.74) is 1.65. The average Bonchev–Trinajstić information content (AvgIpc) is 2.74. The minimum absolute atomic E-state index is 0.0231. The van der Waals surface area contributed by atoms with Gasteiger partial charge in [-0.05, 0) is 74.6 Å². The van der Waals surface area contributed by atoms with Gasteiger partial charge in [0.2, 0.25) is 0 Å². The van der Waals surface area contributed by atoms with Crippen molar-refractivity contribution in [2.45, 2.75) is 77.0 Å². The third-order valence-corrected chi connectivity index (χ3v) is 5.50. The highest BCUT2D eigenvalue weighted by Crippen LogP contribution is 2.30. The standard InChI is InChI=1S/C26H36O4/c27-23-19-13-17-21(25(23)29)15-11-9-7-5-3-1-2-4-6-8-10-12-16-22-18-14-20-24(28)26(22)30/h1,3,13-14,17-20,27-30H,2,4-12,15-16H2. The van der Waals surface area contributed by atoms with E-state index in [2.05, 4.69) is 12.2 Å². The van der Waals surface area contributed by atoms with E-state index in [0.29, 0.717) is 0 Å². The van der Waals surface area contributed by atoms with Crippen LogP contribution in [0.15, 0.2) is 48.6 Å². The van der Waals surface area contributed by atoms with E-state index < -0.39 is 0 Å². The van der Waals surface area contributed by atoms with E-state index in [9.17, 15) is 20.4 Å². The summed E-state index contributed by atoms with van der Waals surface area (Å²) in [5.74, 6) is -0.0173. The van der Waals surface area contributed by atoms with E-state index in [4.69, 9.17) is 0 Å². The van der Waals surface area contributed by atoms with Crippen LogP contribution in [0.5, 0.6) is 23.0 Å². The van der Waals surface area contributed by atoms with Crippen LogP contribution in [0.25, 0.3) is 0 Å². The molecule has 2 aromatic rings. The maximum Gasteiger partial charge on any atom is 0.160 e. The first kappa shape index (κ1) is 23.7. The van der Waals surface area contributed by atoms with Crippen LogP contribution >= 0.6 is 0 Å². The maximum atomic E-state index is 9.79. The van der Waals surface area contributed by atoms with Crippen molar-refractivity contribution in [2.24, 2.45) is 0 Å². The fraction of sp³-hybridized carbons (Fsp3) is 0.462. The van der Waals surface area contributed by atoms with Crippen LogP contribution in [-0.4, -0.2) is 20.4 Å². The highest BCUT2D eigenvalue weighted by Gasteiger charge is 2.05. The molecule has 30 heavy (non-hydrogen) atoms. The maximum absolute atomic E-state index is 9.79. The van der Waals surface area contributed by atoms with Crippen LogP contribution in [0.1, 0.15) is 75.3 Å². The molecule has 0 heterocycles. The molecule has 0 saturated heterocycles. The zero-order chi connectivity index (χ0) is 21.6. The molecule has 0 aliphatic carbocycles. The fourth-order valence-electron chi connectivity index (χ4n) is 3.66. The first-order valence-corrected chi connectivity index (χ1v) is 11.2. The Hall–Kier alpha value is -2.62. The average molecular weight is 413 g/mol. The lowest BCUT2D eigenvalue weighted by molar-refractivity contribution is 0.398. The van der Waals surface area contributed by atoms with E-state index in [0.717, 1.165) is 68.9 Å². The number of aryl methyl sites for hydroxylation is 2. The molecule has 0 spiro atoms. The van der Waals surface area contributed by atoms with Gasteiger partial charge in [0.05, 0.1) is 0 Å². The van der Waals surface area contributed by atoms with Crippen LogP contribution in [0, 0.1) is 0 Å². The summed E-state index contributed by atoms with van der Waals surface area (Å²) in [4.78, 5) is 0. The molecule has 0 aliphatic rings. The van der Waals surface area contributed by atoms with Gasteiger partial charge < -0.3 is 20.4 Å². The largest absolute Gasteiger partial charge is 0.504 e. The summed E-state index contributed by atoms with van der Waals surface area (Å²) < 4.78 is 0. The Kier molecular flexibility index (Phi) is 10.7. The van der Waals surface area contributed by atoms with Gasteiger partial charge >= 0.3 is 0 Å². The molecule has 164 valence electrons. The van der Waals surface area contributed by atoms with Crippen molar-refractivity contribution in [3.8, 4) is 23.0 Å². The zero-order valence-corrected chi connectivity index (χ0v) is 17.9. The number of benzene rings is 2. The molecule has 4 heteroatoms. The molecule has 4 nitrogen and oxygen atoms in total. The number of aromatic hydroxyl groups is 4. The van der Waals surface area contributed by atoms with Gasteiger partial charge in [-0.1, -0.05) is 62.1 Å². The summed E-state index contributed by atoms with van der Waals surface area (Å²) in [6.07, 6.45) is 17.5. The highest BCUT2D eigenvalue weighted by atomic mass is 16.3. The van der Waals surface area contributed by atoms with Crippen molar-refractivity contribution < 1.29 is 20.4 Å². The Balaban J connectivity index is 1.41. The van der Waals surface area contributed by atoms with Gasteiger partial charge in [0, 0.05) is 0 Å². The number of unbranched alkanes of at least 4 members (excludes halogenated alkanes) is 8. The van der Waals surface area contributed by atoms with E-state index in [1.165, 1.54) is 31.4 Å². The number of phenolic OH excluding ortho intramolecular Hbond substituents is 4. The van der Waals surface area contributed by atoms with Crippen molar-refractivity contribution >= 4 is 0 Å². The number of phenols is 4. The topological polar surface area (TPSA) is 80.9 Å². The van der Waals surface area contributed by atoms with Gasteiger partial charge in [0.25, 0.3) is 0 Å². The number of rotatable bonds is 14. The van der Waals surface area contributed by atoms with Gasteiger partial charge in [-0.3, -0.25) is 0 Å². The molecule has 2 aromatic carbocycles. The SMILES string of the molecule is Oc1cccc(CCCCCC=CCCCCCCCc2cccc(O)c2O)c1O. The second-order valence-electron chi connectivity index (χ2n) is 7.95. The van der Waals surface area contributed by atoms with Crippen LogP contribution in [-0.2, 0) is 12.8 Å². The lowest BCUT2D eigenvalue weighted by Crippen LogP contribution is -1.87. The Morgan fingerprint density at radius 2 is 0.900 bits per heavy atom.